The van der Waals surface area contributed by atoms with Gasteiger partial charge in [0.25, 0.3) is 6.43 Å². The summed E-state index contributed by atoms with van der Waals surface area (Å²) in [6, 6.07) is 2.20. The third-order valence-corrected chi connectivity index (χ3v) is 4.84. The average Bonchev–Trinajstić information content (AvgIpc) is 3.09. The average molecular weight is 325 g/mol. The standard InChI is InChI=1S/C16H25F2N5/c1-2-13-10-23(8-7-22(13)11-14(17)18)16-9-15(19-12-20-16)21-5-3-4-6-21/h9,12-14H,2-8,10-11H2,1H3/t13-/m0/s1. The third-order valence-electron chi connectivity index (χ3n) is 4.84. The number of rotatable bonds is 5. The van der Waals surface area contributed by atoms with Crippen LogP contribution in [0.15, 0.2) is 12.4 Å². The number of hydrogen-bond acceptors (Lipinski definition) is 5. The molecule has 2 aliphatic heterocycles. The highest BCUT2D eigenvalue weighted by Gasteiger charge is 2.28. The van der Waals surface area contributed by atoms with Crippen LogP contribution in [0.1, 0.15) is 26.2 Å². The van der Waals surface area contributed by atoms with Gasteiger partial charge in [-0.1, -0.05) is 6.92 Å². The molecule has 1 atom stereocenters. The lowest BCUT2D eigenvalue weighted by Gasteiger charge is -2.41. The topological polar surface area (TPSA) is 35.5 Å². The van der Waals surface area contributed by atoms with Crippen molar-refractivity contribution in [2.75, 3.05) is 49.1 Å². The van der Waals surface area contributed by atoms with Gasteiger partial charge in [-0.15, -0.1) is 0 Å². The first-order valence-electron chi connectivity index (χ1n) is 8.51. The maximum absolute atomic E-state index is 12.7. The highest BCUT2D eigenvalue weighted by atomic mass is 19.3. The molecule has 5 nitrogen and oxygen atoms in total. The maximum atomic E-state index is 12.7. The van der Waals surface area contributed by atoms with Gasteiger partial charge in [0.05, 0.1) is 6.54 Å². The minimum atomic E-state index is -2.27. The fourth-order valence-electron chi connectivity index (χ4n) is 3.54. The van der Waals surface area contributed by atoms with Gasteiger partial charge >= 0.3 is 0 Å². The minimum Gasteiger partial charge on any atom is -0.356 e. The SMILES string of the molecule is CC[C@H]1CN(c2cc(N3CCCC3)ncn2)CCN1CC(F)F. The van der Waals surface area contributed by atoms with Gasteiger partial charge in [0.2, 0.25) is 0 Å². The van der Waals surface area contributed by atoms with Crippen molar-refractivity contribution in [2.45, 2.75) is 38.7 Å². The van der Waals surface area contributed by atoms with E-state index in [1.54, 1.807) is 6.33 Å². The van der Waals surface area contributed by atoms with E-state index in [9.17, 15) is 8.78 Å². The molecule has 0 spiro atoms. The minimum absolute atomic E-state index is 0.130. The molecule has 0 amide bonds. The Kier molecular flexibility index (Phi) is 5.25. The summed E-state index contributed by atoms with van der Waals surface area (Å²) in [6.45, 7) is 6.18. The molecule has 0 bridgehead atoms. The van der Waals surface area contributed by atoms with Crippen molar-refractivity contribution in [1.82, 2.24) is 14.9 Å². The summed E-state index contributed by atoms with van der Waals surface area (Å²) < 4.78 is 25.4. The zero-order valence-electron chi connectivity index (χ0n) is 13.7. The fourth-order valence-corrected chi connectivity index (χ4v) is 3.54. The van der Waals surface area contributed by atoms with Crippen LogP contribution in [0, 0.1) is 0 Å². The van der Waals surface area contributed by atoms with E-state index in [1.165, 1.54) is 12.8 Å². The van der Waals surface area contributed by atoms with Crippen molar-refractivity contribution in [2.24, 2.45) is 0 Å². The third kappa shape index (κ3) is 3.88. The molecular weight excluding hydrogens is 300 g/mol. The molecule has 0 saturated carbocycles. The number of aromatic nitrogens is 2. The number of hydrogen-bond donors (Lipinski definition) is 0. The largest absolute Gasteiger partial charge is 0.356 e. The molecule has 3 rings (SSSR count). The molecule has 23 heavy (non-hydrogen) atoms. The molecule has 0 N–H and O–H groups in total. The second-order valence-electron chi connectivity index (χ2n) is 6.32. The highest BCUT2D eigenvalue weighted by Crippen LogP contribution is 2.24. The quantitative estimate of drug-likeness (QED) is 0.830. The monoisotopic (exact) mass is 325 g/mol. The van der Waals surface area contributed by atoms with E-state index in [1.807, 2.05) is 11.0 Å². The molecule has 0 aromatic carbocycles. The summed E-state index contributed by atoms with van der Waals surface area (Å²) in [5.74, 6) is 1.90. The number of halogens is 2. The number of nitrogens with zero attached hydrogens (tertiary/aromatic N) is 5. The second-order valence-corrected chi connectivity index (χ2v) is 6.32. The van der Waals surface area contributed by atoms with Crippen LogP contribution in [0.3, 0.4) is 0 Å². The molecule has 128 valence electrons. The van der Waals surface area contributed by atoms with Crippen LogP contribution >= 0.6 is 0 Å². The molecule has 1 aromatic heterocycles. The first-order valence-corrected chi connectivity index (χ1v) is 8.51. The van der Waals surface area contributed by atoms with Crippen LogP contribution < -0.4 is 9.80 Å². The summed E-state index contributed by atoms with van der Waals surface area (Å²) in [5.41, 5.74) is 0. The van der Waals surface area contributed by atoms with Crippen molar-refractivity contribution in [3.8, 4) is 0 Å². The molecule has 3 heterocycles. The Morgan fingerprint density at radius 1 is 1.09 bits per heavy atom. The summed E-state index contributed by atoms with van der Waals surface area (Å²) in [7, 11) is 0. The summed E-state index contributed by atoms with van der Waals surface area (Å²) >= 11 is 0. The number of alkyl halides is 2. The molecule has 2 fully saturated rings. The first kappa shape index (κ1) is 16.4. The molecule has 0 aliphatic carbocycles. The van der Waals surface area contributed by atoms with Crippen molar-refractivity contribution >= 4 is 11.6 Å². The Hall–Kier alpha value is -1.50. The van der Waals surface area contributed by atoms with Crippen LogP contribution in [0.25, 0.3) is 0 Å². The van der Waals surface area contributed by atoms with E-state index in [0.29, 0.717) is 6.54 Å². The summed E-state index contributed by atoms with van der Waals surface area (Å²) in [5, 5.41) is 0. The first-order chi connectivity index (χ1) is 11.2. The molecule has 2 saturated heterocycles. The zero-order valence-corrected chi connectivity index (χ0v) is 13.7. The van der Waals surface area contributed by atoms with E-state index in [0.717, 1.165) is 44.2 Å². The highest BCUT2D eigenvalue weighted by molar-refractivity contribution is 5.51. The lowest BCUT2D eigenvalue weighted by molar-refractivity contribution is 0.0586. The predicted molar refractivity (Wildman–Crippen MR) is 87.3 cm³/mol. The normalized spacial score (nSPS) is 23.0. The van der Waals surface area contributed by atoms with Crippen molar-refractivity contribution in [3.63, 3.8) is 0 Å². The van der Waals surface area contributed by atoms with Crippen LogP contribution in [0.2, 0.25) is 0 Å². The summed E-state index contributed by atoms with van der Waals surface area (Å²) in [6.07, 6.45) is 2.65. The van der Waals surface area contributed by atoms with E-state index in [2.05, 4.69) is 26.7 Å². The Balaban J connectivity index is 1.69. The molecule has 0 unspecified atom stereocenters. The molecule has 2 aliphatic rings. The van der Waals surface area contributed by atoms with E-state index < -0.39 is 6.43 Å². The molecule has 0 radical (unpaired) electrons. The summed E-state index contributed by atoms with van der Waals surface area (Å²) in [4.78, 5) is 15.2. The Morgan fingerprint density at radius 3 is 2.43 bits per heavy atom. The Morgan fingerprint density at radius 2 is 1.78 bits per heavy atom. The lowest BCUT2D eigenvalue weighted by Crippen LogP contribution is -2.54. The Labute approximate surface area is 136 Å². The van der Waals surface area contributed by atoms with E-state index >= 15 is 0 Å². The van der Waals surface area contributed by atoms with Gasteiger partial charge in [0, 0.05) is 44.8 Å². The fraction of sp³-hybridized carbons (Fsp3) is 0.750. The van der Waals surface area contributed by atoms with E-state index in [4.69, 9.17) is 0 Å². The maximum Gasteiger partial charge on any atom is 0.251 e. The van der Waals surface area contributed by atoms with Gasteiger partial charge in [0.15, 0.2) is 0 Å². The smallest absolute Gasteiger partial charge is 0.251 e. The second kappa shape index (κ2) is 7.38. The molecular formula is C16H25F2N5. The predicted octanol–water partition coefficient (Wildman–Crippen LogP) is 2.24. The lowest BCUT2D eigenvalue weighted by atomic mass is 10.1. The van der Waals surface area contributed by atoms with Gasteiger partial charge < -0.3 is 9.80 Å². The van der Waals surface area contributed by atoms with Gasteiger partial charge in [0.1, 0.15) is 18.0 Å². The van der Waals surface area contributed by atoms with Crippen molar-refractivity contribution in [3.05, 3.63) is 12.4 Å². The van der Waals surface area contributed by atoms with Gasteiger partial charge in [-0.3, -0.25) is 4.90 Å². The van der Waals surface area contributed by atoms with Gasteiger partial charge in [-0.2, -0.15) is 0 Å². The van der Waals surface area contributed by atoms with E-state index in [-0.39, 0.29) is 12.6 Å². The Bertz CT molecular complexity index is 507. The van der Waals surface area contributed by atoms with Crippen molar-refractivity contribution < 1.29 is 8.78 Å². The number of anilines is 2. The van der Waals surface area contributed by atoms with Crippen LogP contribution in [-0.2, 0) is 0 Å². The van der Waals surface area contributed by atoms with Crippen molar-refractivity contribution in [1.29, 1.82) is 0 Å². The van der Waals surface area contributed by atoms with Gasteiger partial charge in [-0.05, 0) is 19.3 Å². The van der Waals surface area contributed by atoms with Gasteiger partial charge in [-0.25, -0.2) is 18.7 Å². The zero-order chi connectivity index (χ0) is 16.2. The van der Waals surface area contributed by atoms with Crippen LogP contribution in [0.4, 0.5) is 20.4 Å². The van der Waals surface area contributed by atoms with Crippen LogP contribution in [0.5, 0.6) is 0 Å². The number of piperazine rings is 1. The molecule has 1 aromatic rings. The molecule has 7 heteroatoms. The van der Waals surface area contributed by atoms with Crippen LogP contribution in [-0.4, -0.2) is 66.6 Å².